The number of allylic oxidation sites excluding steroid dienone is 2. The largest absolute Gasteiger partial charge is 0.373 e. The maximum Gasteiger partial charge on any atom is 0.0303 e. The van der Waals surface area contributed by atoms with Crippen LogP contribution in [-0.4, -0.2) is 42.0 Å². The molecule has 0 unspecified atom stereocenters. The molecule has 1 fully saturated rings. The van der Waals surface area contributed by atoms with Crippen molar-refractivity contribution < 1.29 is 0 Å². The Balaban J connectivity index is 2.41. The van der Waals surface area contributed by atoms with Crippen molar-refractivity contribution in [1.29, 1.82) is 0 Å². The minimum atomic E-state index is 0.803. The van der Waals surface area contributed by atoms with Crippen molar-refractivity contribution in [3.63, 3.8) is 0 Å². The first-order valence-electron chi connectivity index (χ1n) is 6.88. The van der Waals surface area contributed by atoms with Crippen LogP contribution in [0.1, 0.15) is 47.0 Å². The first-order chi connectivity index (χ1) is 7.72. The number of nitrogens with zero attached hydrogens (tertiary/aromatic N) is 2. The summed E-state index contributed by atoms with van der Waals surface area (Å²) in [5.41, 5.74) is 1.46. The average Bonchev–Trinajstić information content (AvgIpc) is 2.32. The van der Waals surface area contributed by atoms with E-state index in [4.69, 9.17) is 0 Å². The van der Waals surface area contributed by atoms with Crippen LogP contribution in [-0.2, 0) is 0 Å². The Bertz CT molecular complexity index is 211. The van der Waals surface area contributed by atoms with E-state index in [-0.39, 0.29) is 0 Å². The van der Waals surface area contributed by atoms with E-state index < -0.39 is 0 Å². The summed E-state index contributed by atoms with van der Waals surface area (Å²) in [6.07, 6.45) is 6.08. The Hall–Kier alpha value is -0.500. The van der Waals surface area contributed by atoms with Crippen molar-refractivity contribution in [1.82, 2.24) is 9.80 Å². The van der Waals surface area contributed by atoms with Gasteiger partial charge in [0.2, 0.25) is 0 Å². The Morgan fingerprint density at radius 3 is 2.06 bits per heavy atom. The van der Waals surface area contributed by atoms with Crippen LogP contribution in [0.2, 0.25) is 0 Å². The molecule has 1 rings (SSSR count). The topological polar surface area (TPSA) is 6.48 Å². The fourth-order valence-corrected chi connectivity index (χ4v) is 2.67. The van der Waals surface area contributed by atoms with Crippen molar-refractivity contribution in [3.05, 3.63) is 11.8 Å². The monoisotopic (exact) mass is 224 g/mol. The van der Waals surface area contributed by atoms with Crippen molar-refractivity contribution in [2.45, 2.75) is 53.0 Å². The lowest BCUT2D eigenvalue weighted by atomic mass is 10.1. The summed E-state index contributed by atoms with van der Waals surface area (Å²) in [5.74, 6) is 0. The lowest BCUT2D eigenvalue weighted by molar-refractivity contribution is 0.110. The molecule has 0 spiro atoms. The second kappa shape index (κ2) is 6.95. The van der Waals surface area contributed by atoms with Gasteiger partial charge in [-0.15, -0.1) is 0 Å². The molecule has 0 aromatic heterocycles. The highest BCUT2D eigenvalue weighted by molar-refractivity contribution is 4.99. The SMILES string of the molecule is CCC=C(C)N1CCN(C(CC)CC)CC1. The fourth-order valence-electron chi connectivity index (χ4n) is 2.67. The van der Waals surface area contributed by atoms with Gasteiger partial charge in [0.25, 0.3) is 0 Å². The van der Waals surface area contributed by atoms with E-state index in [0.29, 0.717) is 0 Å². The van der Waals surface area contributed by atoms with E-state index in [9.17, 15) is 0 Å². The van der Waals surface area contributed by atoms with Gasteiger partial charge in [-0.05, 0) is 26.2 Å². The molecule has 1 saturated heterocycles. The molecule has 0 atom stereocenters. The highest BCUT2D eigenvalue weighted by Gasteiger charge is 2.21. The first-order valence-corrected chi connectivity index (χ1v) is 6.88. The molecule has 0 bridgehead atoms. The molecule has 16 heavy (non-hydrogen) atoms. The first kappa shape index (κ1) is 13.6. The Labute approximate surface area is 101 Å². The maximum atomic E-state index is 2.66. The summed E-state index contributed by atoms with van der Waals surface area (Å²) in [7, 11) is 0. The lowest BCUT2D eigenvalue weighted by Gasteiger charge is -2.40. The van der Waals surface area contributed by atoms with Gasteiger partial charge in [-0.3, -0.25) is 4.90 Å². The van der Waals surface area contributed by atoms with Gasteiger partial charge in [0.05, 0.1) is 0 Å². The average molecular weight is 224 g/mol. The van der Waals surface area contributed by atoms with Crippen molar-refractivity contribution in [2.75, 3.05) is 26.2 Å². The van der Waals surface area contributed by atoms with Crippen LogP contribution in [0.25, 0.3) is 0 Å². The molecule has 1 aliphatic rings. The third-order valence-electron chi connectivity index (χ3n) is 3.77. The molecule has 0 saturated carbocycles. The Morgan fingerprint density at radius 2 is 1.62 bits per heavy atom. The molecule has 2 nitrogen and oxygen atoms in total. The third-order valence-corrected chi connectivity index (χ3v) is 3.77. The van der Waals surface area contributed by atoms with Gasteiger partial charge in [-0.25, -0.2) is 0 Å². The Morgan fingerprint density at radius 1 is 1.06 bits per heavy atom. The molecular formula is C14H28N2. The van der Waals surface area contributed by atoms with Crippen LogP contribution < -0.4 is 0 Å². The predicted octanol–water partition coefficient (Wildman–Crippen LogP) is 3.11. The van der Waals surface area contributed by atoms with Crippen LogP contribution in [0.5, 0.6) is 0 Å². The number of hydrogen-bond donors (Lipinski definition) is 0. The highest BCUT2D eigenvalue weighted by Crippen LogP contribution is 2.15. The van der Waals surface area contributed by atoms with E-state index in [1.165, 1.54) is 44.7 Å². The van der Waals surface area contributed by atoms with Gasteiger partial charge < -0.3 is 4.90 Å². The summed E-state index contributed by atoms with van der Waals surface area (Å²) in [6.45, 7) is 14.0. The summed E-state index contributed by atoms with van der Waals surface area (Å²) in [6, 6.07) is 0.803. The van der Waals surface area contributed by atoms with Crippen LogP contribution in [0.3, 0.4) is 0 Å². The Kier molecular flexibility index (Phi) is 5.89. The highest BCUT2D eigenvalue weighted by atomic mass is 15.3. The van der Waals surface area contributed by atoms with E-state index in [0.717, 1.165) is 12.5 Å². The van der Waals surface area contributed by atoms with E-state index in [1.54, 1.807) is 0 Å². The standard InChI is InChI=1S/C14H28N2/c1-5-8-13(4)15-9-11-16(12-10-15)14(6-2)7-3/h8,14H,5-7,9-12H2,1-4H3. The molecule has 2 heteroatoms. The van der Waals surface area contributed by atoms with Crippen LogP contribution >= 0.6 is 0 Å². The molecule has 0 aliphatic carbocycles. The van der Waals surface area contributed by atoms with Gasteiger partial charge in [0.1, 0.15) is 0 Å². The molecule has 0 radical (unpaired) electrons. The summed E-state index contributed by atoms with van der Waals surface area (Å²) < 4.78 is 0. The smallest absolute Gasteiger partial charge is 0.0303 e. The van der Waals surface area contributed by atoms with Gasteiger partial charge in [0, 0.05) is 37.9 Å². The summed E-state index contributed by atoms with van der Waals surface area (Å²) >= 11 is 0. The molecular weight excluding hydrogens is 196 g/mol. The van der Waals surface area contributed by atoms with E-state index in [1.807, 2.05) is 0 Å². The summed E-state index contributed by atoms with van der Waals surface area (Å²) in [5, 5.41) is 0. The zero-order valence-corrected chi connectivity index (χ0v) is 11.5. The van der Waals surface area contributed by atoms with Crippen molar-refractivity contribution >= 4 is 0 Å². The van der Waals surface area contributed by atoms with E-state index >= 15 is 0 Å². The molecule has 1 aliphatic heterocycles. The van der Waals surface area contributed by atoms with Gasteiger partial charge >= 0.3 is 0 Å². The molecule has 0 N–H and O–H groups in total. The minimum Gasteiger partial charge on any atom is -0.373 e. The van der Waals surface area contributed by atoms with Crippen LogP contribution in [0.15, 0.2) is 11.8 Å². The predicted molar refractivity (Wildman–Crippen MR) is 71.6 cm³/mol. The lowest BCUT2D eigenvalue weighted by Crippen LogP contribution is -2.49. The number of piperazine rings is 1. The van der Waals surface area contributed by atoms with Crippen molar-refractivity contribution in [2.24, 2.45) is 0 Å². The molecule has 94 valence electrons. The minimum absolute atomic E-state index is 0.803. The maximum absolute atomic E-state index is 2.66. The number of hydrogen-bond acceptors (Lipinski definition) is 2. The molecule has 0 amide bonds. The van der Waals surface area contributed by atoms with Crippen LogP contribution in [0, 0.1) is 0 Å². The molecule has 0 aromatic carbocycles. The zero-order chi connectivity index (χ0) is 12.0. The fraction of sp³-hybridized carbons (Fsp3) is 0.857. The van der Waals surface area contributed by atoms with Gasteiger partial charge in [-0.2, -0.15) is 0 Å². The van der Waals surface area contributed by atoms with Crippen molar-refractivity contribution in [3.8, 4) is 0 Å². The quantitative estimate of drug-likeness (QED) is 0.708. The molecule has 1 heterocycles. The van der Waals surface area contributed by atoms with Gasteiger partial charge in [0.15, 0.2) is 0 Å². The summed E-state index contributed by atoms with van der Waals surface area (Å²) in [4.78, 5) is 5.19. The molecule has 0 aromatic rings. The second-order valence-corrected chi connectivity index (χ2v) is 4.75. The van der Waals surface area contributed by atoms with Crippen LogP contribution in [0.4, 0.5) is 0 Å². The normalized spacial score (nSPS) is 19.6. The van der Waals surface area contributed by atoms with E-state index in [2.05, 4.69) is 43.6 Å². The third kappa shape index (κ3) is 3.51. The second-order valence-electron chi connectivity index (χ2n) is 4.75. The zero-order valence-electron chi connectivity index (χ0n) is 11.5. The number of rotatable bonds is 5. The van der Waals surface area contributed by atoms with Gasteiger partial charge in [-0.1, -0.05) is 26.8 Å².